The number of benzene rings is 1. The number of furan rings is 1. The lowest BCUT2D eigenvalue weighted by Crippen LogP contribution is -2.23. The van der Waals surface area contributed by atoms with Crippen molar-refractivity contribution in [1.82, 2.24) is 9.55 Å². The van der Waals surface area contributed by atoms with Crippen LogP contribution in [0.5, 0.6) is 0 Å². The largest absolute Gasteiger partial charge is 0.475 e. The van der Waals surface area contributed by atoms with Crippen molar-refractivity contribution in [3.05, 3.63) is 75.3 Å². The molecule has 0 unspecified atom stereocenters. The van der Waals surface area contributed by atoms with Gasteiger partial charge >= 0.3 is 5.97 Å². The van der Waals surface area contributed by atoms with E-state index >= 15 is 0 Å². The van der Waals surface area contributed by atoms with Crippen molar-refractivity contribution in [2.24, 2.45) is 0 Å². The number of fused-ring (bicyclic) bond motifs is 1. The van der Waals surface area contributed by atoms with E-state index in [1.165, 1.54) is 22.0 Å². The van der Waals surface area contributed by atoms with Crippen molar-refractivity contribution in [1.29, 1.82) is 0 Å². The molecule has 4 aromatic rings. The molecule has 0 aliphatic carbocycles. The molecule has 0 spiro atoms. The summed E-state index contributed by atoms with van der Waals surface area (Å²) in [6, 6.07) is 14.3. The molecule has 3 aromatic heterocycles. The minimum atomic E-state index is -1.14. The maximum atomic E-state index is 13.2. The van der Waals surface area contributed by atoms with Gasteiger partial charge in [0.1, 0.15) is 16.4 Å². The number of hydrogen-bond donors (Lipinski definition) is 1. The molecular weight excluding hydrogens is 364 g/mol. The van der Waals surface area contributed by atoms with Crippen LogP contribution in [0.25, 0.3) is 21.6 Å². The molecule has 0 aliphatic heterocycles. The van der Waals surface area contributed by atoms with Crippen LogP contribution in [0.2, 0.25) is 0 Å². The van der Waals surface area contributed by atoms with Crippen LogP contribution in [0.4, 0.5) is 0 Å². The first-order valence-corrected chi connectivity index (χ1v) is 9.29. The van der Waals surface area contributed by atoms with Crippen LogP contribution in [0.15, 0.2) is 57.7 Å². The average molecular weight is 380 g/mol. The number of aromatic carboxylic acids is 1. The molecule has 1 aromatic carbocycles. The first-order chi connectivity index (χ1) is 13.1. The number of carboxylic acid groups (broad SMARTS) is 1. The van der Waals surface area contributed by atoms with Crippen molar-refractivity contribution in [3.63, 3.8) is 0 Å². The van der Waals surface area contributed by atoms with Gasteiger partial charge in [-0.3, -0.25) is 9.36 Å². The Morgan fingerprint density at radius 2 is 2.00 bits per heavy atom. The molecule has 0 saturated carbocycles. The summed E-state index contributed by atoms with van der Waals surface area (Å²) in [7, 11) is 0. The smallest absolute Gasteiger partial charge is 0.371 e. The molecule has 7 heteroatoms. The van der Waals surface area contributed by atoms with Crippen LogP contribution in [0, 0.1) is 0 Å². The standard InChI is InChI=1S/C20H16N2O4S/c1-2-14-10-15-18(27-14)21-17(12-6-4-3-5-7-12)22(19(15)23)11-13-8-9-16(26-13)20(24)25/h3-10H,2,11H2,1H3,(H,24,25). The second-order valence-corrected chi connectivity index (χ2v) is 7.16. The maximum Gasteiger partial charge on any atom is 0.371 e. The topological polar surface area (TPSA) is 85.3 Å². The molecule has 0 radical (unpaired) electrons. The van der Waals surface area contributed by atoms with E-state index in [0.29, 0.717) is 21.8 Å². The maximum absolute atomic E-state index is 13.2. The quantitative estimate of drug-likeness (QED) is 0.565. The number of nitrogens with zero attached hydrogens (tertiary/aromatic N) is 2. The highest BCUT2D eigenvalue weighted by Gasteiger charge is 2.17. The lowest BCUT2D eigenvalue weighted by atomic mass is 10.2. The molecule has 0 bridgehead atoms. The fourth-order valence-electron chi connectivity index (χ4n) is 2.93. The van der Waals surface area contributed by atoms with Crippen LogP contribution in [0.3, 0.4) is 0 Å². The Bertz CT molecular complexity index is 1190. The van der Waals surface area contributed by atoms with E-state index in [1.54, 1.807) is 6.07 Å². The minimum Gasteiger partial charge on any atom is -0.475 e. The summed E-state index contributed by atoms with van der Waals surface area (Å²) >= 11 is 1.52. The molecule has 3 heterocycles. The minimum absolute atomic E-state index is 0.108. The average Bonchev–Trinajstić information content (AvgIpc) is 3.31. The predicted octanol–water partition coefficient (Wildman–Crippen LogP) is 4.03. The Hall–Kier alpha value is -3.19. The Kier molecular flexibility index (Phi) is 4.37. The molecule has 136 valence electrons. The Labute approximate surface area is 158 Å². The van der Waals surface area contributed by atoms with Gasteiger partial charge < -0.3 is 9.52 Å². The first kappa shape index (κ1) is 17.2. The van der Waals surface area contributed by atoms with Gasteiger partial charge in [0, 0.05) is 10.4 Å². The van der Waals surface area contributed by atoms with Crippen molar-refractivity contribution in [2.75, 3.05) is 0 Å². The van der Waals surface area contributed by atoms with E-state index < -0.39 is 5.97 Å². The van der Waals surface area contributed by atoms with Gasteiger partial charge in [-0.15, -0.1) is 11.3 Å². The summed E-state index contributed by atoms with van der Waals surface area (Å²) < 4.78 is 6.88. The van der Waals surface area contributed by atoms with Crippen LogP contribution >= 0.6 is 11.3 Å². The third-order valence-corrected chi connectivity index (χ3v) is 5.44. The predicted molar refractivity (Wildman–Crippen MR) is 103 cm³/mol. The second kappa shape index (κ2) is 6.85. The summed E-state index contributed by atoms with van der Waals surface area (Å²) in [5, 5.41) is 9.62. The monoisotopic (exact) mass is 380 g/mol. The molecule has 1 N–H and O–H groups in total. The zero-order valence-electron chi connectivity index (χ0n) is 14.5. The molecule has 0 saturated heterocycles. The number of thiophene rings is 1. The van der Waals surface area contributed by atoms with E-state index in [2.05, 4.69) is 0 Å². The number of hydrogen-bond acceptors (Lipinski definition) is 5. The molecule has 4 rings (SSSR count). The van der Waals surface area contributed by atoms with Gasteiger partial charge in [0.05, 0.1) is 11.9 Å². The Balaban J connectivity index is 1.91. The van der Waals surface area contributed by atoms with E-state index in [4.69, 9.17) is 14.5 Å². The van der Waals surface area contributed by atoms with Crippen molar-refractivity contribution in [3.8, 4) is 11.4 Å². The lowest BCUT2D eigenvalue weighted by molar-refractivity contribution is 0.0660. The van der Waals surface area contributed by atoms with Crippen LogP contribution in [0.1, 0.15) is 28.1 Å². The Morgan fingerprint density at radius 3 is 2.67 bits per heavy atom. The lowest BCUT2D eigenvalue weighted by Gasteiger charge is -2.11. The van der Waals surface area contributed by atoms with Crippen molar-refractivity contribution in [2.45, 2.75) is 19.9 Å². The Morgan fingerprint density at radius 1 is 1.22 bits per heavy atom. The summed E-state index contributed by atoms with van der Waals surface area (Å²) in [5.41, 5.74) is 0.649. The molecule has 6 nitrogen and oxygen atoms in total. The SMILES string of the molecule is CCc1cc2c(=O)n(Cc3ccc(C(=O)O)o3)c(-c3ccccc3)nc2s1. The molecule has 0 amide bonds. The fraction of sp³-hybridized carbons (Fsp3) is 0.150. The summed E-state index contributed by atoms with van der Waals surface area (Å²) in [5.74, 6) is -0.377. The van der Waals surface area contributed by atoms with E-state index in [9.17, 15) is 9.59 Å². The van der Waals surface area contributed by atoms with Gasteiger partial charge in [-0.25, -0.2) is 9.78 Å². The number of rotatable bonds is 5. The highest BCUT2D eigenvalue weighted by Crippen LogP contribution is 2.26. The van der Waals surface area contributed by atoms with Gasteiger partial charge in [0.25, 0.3) is 5.56 Å². The van der Waals surface area contributed by atoms with Gasteiger partial charge in [-0.2, -0.15) is 0 Å². The van der Waals surface area contributed by atoms with Gasteiger partial charge in [0.2, 0.25) is 5.76 Å². The summed E-state index contributed by atoms with van der Waals surface area (Å²) in [4.78, 5) is 30.8. The fourth-order valence-corrected chi connectivity index (χ4v) is 3.89. The van der Waals surface area contributed by atoms with Gasteiger partial charge in [0.15, 0.2) is 0 Å². The van der Waals surface area contributed by atoms with Gasteiger partial charge in [-0.1, -0.05) is 37.3 Å². The first-order valence-electron chi connectivity index (χ1n) is 8.47. The summed E-state index contributed by atoms with van der Waals surface area (Å²) in [6.45, 7) is 2.15. The number of aryl methyl sites for hydroxylation is 1. The highest BCUT2D eigenvalue weighted by molar-refractivity contribution is 7.18. The number of carboxylic acids is 1. The highest BCUT2D eigenvalue weighted by atomic mass is 32.1. The van der Waals surface area contributed by atoms with E-state index in [0.717, 1.165) is 16.9 Å². The van der Waals surface area contributed by atoms with E-state index in [-0.39, 0.29) is 17.9 Å². The zero-order valence-corrected chi connectivity index (χ0v) is 15.3. The number of carbonyl (C=O) groups is 1. The molecule has 0 atom stereocenters. The van der Waals surface area contributed by atoms with Crippen molar-refractivity contribution >= 4 is 27.5 Å². The van der Waals surface area contributed by atoms with Crippen LogP contribution in [-0.4, -0.2) is 20.6 Å². The molecular formula is C20H16N2O4S. The molecule has 0 aliphatic rings. The normalized spacial score (nSPS) is 11.1. The number of aromatic nitrogens is 2. The molecule has 0 fully saturated rings. The van der Waals surface area contributed by atoms with E-state index in [1.807, 2.05) is 43.3 Å². The van der Waals surface area contributed by atoms with Crippen LogP contribution < -0.4 is 5.56 Å². The summed E-state index contributed by atoms with van der Waals surface area (Å²) in [6.07, 6.45) is 0.835. The third-order valence-electron chi connectivity index (χ3n) is 4.27. The second-order valence-electron chi connectivity index (χ2n) is 6.05. The zero-order chi connectivity index (χ0) is 19.0. The van der Waals surface area contributed by atoms with Gasteiger partial charge in [-0.05, 0) is 24.6 Å². The third kappa shape index (κ3) is 3.17. The van der Waals surface area contributed by atoms with Crippen LogP contribution in [-0.2, 0) is 13.0 Å². The molecule has 27 heavy (non-hydrogen) atoms. The van der Waals surface area contributed by atoms with Crippen molar-refractivity contribution < 1.29 is 14.3 Å².